The van der Waals surface area contributed by atoms with Gasteiger partial charge in [0.1, 0.15) is 5.92 Å². The summed E-state index contributed by atoms with van der Waals surface area (Å²) in [6.07, 6.45) is 1.63. The number of hydrogen-bond donors (Lipinski definition) is 0. The first-order chi connectivity index (χ1) is 11.0. The first-order valence-electron chi connectivity index (χ1n) is 7.38. The van der Waals surface area contributed by atoms with E-state index >= 15 is 0 Å². The van der Waals surface area contributed by atoms with Gasteiger partial charge in [-0.05, 0) is 31.5 Å². The number of halogens is 1. The Hall–Kier alpha value is -1.95. The van der Waals surface area contributed by atoms with Crippen LogP contribution in [0.1, 0.15) is 25.5 Å². The number of esters is 1. The molecule has 2 atom stereocenters. The minimum Gasteiger partial charge on any atom is -0.465 e. The van der Waals surface area contributed by atoms with Crippen molar-refractivity contribution in [2.24, 2.45) is 10.9 Å². The van der Waals surface area contributed by atoms with Gasteiger partial charge in [0.05, 0.1) is 12.6 Å². The number of ether oxygens (including phenoxy) is 1. The van der Waals surface area contributed by atoms with Crippen LogP contribution in [0.3, 0.4) is 0 Å². The molecule has 1 aliphatic heterocycles. The summed E-state index contributed by atoms with van der Waals surface area (Å²) in [6.45, 7) is 7.73. The van der Waals surface area contributed by atoms with E-state index in [2.05, 4.69) is 27.5 Å². The van der Waals surface area contributed by atoms with Crippen molar-refractivity contribution in [1.82, 2.24) is 4.90 Å². The largest absolute Gasteiger partial charge is 0.465 e. The zero-order chi connectivity index (χ0) is 17.0. The third kappa shape index (κ3) is 3.69. The van der Waals surface area contributed by atoms with Crippen LogP contribution < -0.4 is 0 Å². The predicted molar refractivity (Wildman–Crippen MR) is 92.4 cm³/mol. The van der Waals surface area contributed by atoms with Gasteiger partial charge in [-0.1, -0.05) is 34.1 Å². The van der Waals surface area contributed by atoms with E-state index < -0.39 is 12.0 Å². The highest BCUT2D eigenvalue weighted by atomic mass is 79.9. The molecule has 0 N–H and O–H groups in total. The molecule has 0 saturated heterocycles. The molecule has 122 valence electrons. The van der Waals surface area contributed by atoms with E-state index in [9.17, 15) is 9.59 Å². The maximum absolute atomic E-state index is 12.5. The molecule has 1 heterocycles. The monoisotopic (exact) mass is 378 g/mol. The van der Waals surface area contributed by atoms with Crippen LogP contribution in [-0.4, -0.2) is 35.8 Å². The number of rotatable bonds is 5. The molecule has 1 aromatic carbocycles. The summed E-state index contributed by atoms with van der Waals surface area (Å²) < 4.78 is 6.08. The third-order valence-electron chi connectivity index (χ3n) is 3.68. The molecule has 0 saturated carbocycles. The SMILES string of the molecule is C=CCN1C(=O)N=C(C)C(C(=O)OCC)C1c1cccc(Br)c1. The van der Waals surface area contributed by atoms with Gasteiger partial charge in [-0.15, -0.1) is 6.58 Å². The molecule has 0 aliphatic carbocycles. The maximum Gasteiger partial charge on any atom is 0.344 e. The lowest BCUT2D eigenvalue weighted by Crippen LogP contribution is -2.47. The lowest BCUT2D eigenvalue weighted by Gasteiger charge is -2.38. The van der Waals surface area contributed by atoms with Gasteiger partial charge in [-0.3, -0.25) is 4.79 Å². The van der Waals surface area contributed by atoms with Crippen molar-refractivity contribution in [3.8, 4) is 0 Å². The minimum absolute atomic E-state index is 0.281. The lowest BCUT2D eigenvalue weighted by molar-refractivity contribution is -0.147. The number of urea groups is 1. The first-order valence-corrected chi connectivity index (χ1v) is 8.17. The maximum atomic E-state index is 12.5. The molecule has 23 heavy (non-hydrogen) atoms. The molecule has 1 aliphatic rings. The van der Waals surface area contributed by atoms with Crippen LogP contribution in [-0.2, 0) is 9.53 Å². The second kappa shape index (κ2) is 7.55. The fourth-order valence-corrected chi connectivity index (χ4v) is 3.15. The van der Waals surface area contributed by atoms with Gasteiger partial charge in [-0.25, -0.2) is 9.79 Å². The molecule has 6 heteroatoms. The molecule has 2 unspecified atom stereocenters. The van der Waals surface area contributed by atoms with Gasteiger partial charge in [0.15, 0.2) is 0 Å². The molecule has 5 nitrogen and oxygen atoms in total. The minimum atomic E-state index is -0.623. The summed E-state index contributed by atoms with van der Waals surface area (Å²) >= 11 is 3.44. The Labute approximate surface area is 144 Å². The van der Waals surface area contributed by atoms with E-state index in [1.165, 1.54) is 0 Å². The Morgan fingerprint density at radius 3 is 2.87 bits per heavy atom. The van der Waals surface area contributed by atoms with Crippen LogP contribution in [0.25, 0.3) is 0 Å². The topological polar surface area (TPSA) is 59.0 Å². The average molecular weight is 379 g/mol. The quantitative estimate of drug-likeness (QED) is 0.578. The van der Waals surface area contributed by atoms with Crippen LogP contribution >= 0.6 is 15.9 Å². The fraction of sp³-hybridized carbons (Fsp3) is 0.353. The predicted octanol–water partition coefficient (Wildman–Crippen LogP) is 3.75. The van der Waals surface area contributed by atoms with Gasteiger partial charge in [-0.2, -0.15) is 0 Å². The van der Waals surface area contributed by atoms with E-state index in [4.69, 9.17) is 4.74 Å². The van der Waals surface area contributed by atoms with Gasteiger partial charge >= 0.3 is 12.0 Å². The number of carbonyl (C=O) groups excluding carboxylic acids is 2. The molecule has 0 spiro atoms. The van der Waals surface area contributed by atoms with Crippen LogP contribution in [0, 0.1) is 5.92 Å². The van der Waals surface area contributed by atoms with Crippen molar-refractivity contribution in [1.29, 1.82) is 0 Å². The molecule has 0 bridgehead atoms. The third-order valence-corrected chi connectivity index (χ3v) is 4.17. The highest BCUT2D eigenvalue weighted by Gasteiger charge is 2.42. The van der Waals surface area contributed by atoms with Gasteiger partial charge in [0.25, 0.3) is 0 Å². The summed E-state index contributed by atoms with van der Waals surface area (Å²) in [4.78, 5) is 30.3. The first kappa shape index (κ1) is 17.4. The molecule has 2 amide bonds. The second-order valence-electron chi connectivity index (χ2n) is 5.21. The average Bonchev–Trinajstić information content (AvgIpc) is 2.49. The Morgan fingerprint density at radius 2 is 2.26 bits per heavy atom. The fourth-order valence-electron chi connectivity index (χ4n) is 2.74. The molecule has 0 radical (unpaired) electrons. The van der Waals surface area contributed by atoms with E-state index in [-0.39, 0.29) is 18.6 Å². The molecule has 0 aromatic heterocycles. The van der Waals surface area contributed by atoms with E-state index in [0.717, 1.165) is 10.0 Å². The summed E-state index contributed by atoms with van der Waals surface area (Å²) in [5, 5.41) is 0. The van der Waals surface area contributed by atoms with E-state index in [0.29, 0.717) is 12.3 Å². The van der Waals surface area contributed by atoms with Crippen LogP contribution in [0.5, 0.6) is 0 Å². The van der Waals surface area contributed by atoms with Crippen LogP contribution in [0.15, 0.2) is 46.4 Å². The number of aliphatic imine (C=N–C) groups is 1. The molecular formula is C17H19BrN2O3. The Kier molecular flexibility index (Phi) is 5.71. The van der Waals surface area contributed by atoms with Crippen molar-refractivity contribution >= 4 is 33.6 Å². The molecular weight excluding hydrogens is 360 g/mol. The normalized spacial score (nSPS) is 20.9. The Morgan fingerprint density at radius 1 is 1.52 bits per heavy atom. The van der Waals surface area contributed by atoms with E-state index in [1.54, 1.807) is 24.8 Å². The summed E-state index contributed by atoms with van der Waals surface area (Å²) in [7, 11) is 0. The van der Waals surface area contributed by atoms with Crippen LogP contribution in [0.4, 0.5) is 4.79 Å². The number of amides is 2. The highest BCUT2D eigenvalue weighted by Crippen LogP contribution is 2.35. The smallest absolute Gasteiger partial charge is 0.344 e. The summed E-state index contributed by atoms with van der Waals surface area (Å²) in [5.41, 5.74) is 1.32. The van der Waals surface area contributed by atoms with Crippen molar-refractivity contribution in [3.63, 3.8) is 0 Å². The summed E-state index contributed by atoms with van der Waals surface area (Å²) in [5.74, 6) is -0.998. The van der Waals surface area contributed by atoms with Crippen LogP contribution in [0.2, 0.25) is 0 Å². The molecule has 0 fully saturated rings. The second-order valence-corrected chi connectivity index (χ2v) is 6.12. The number of nitrogens with zero attached hydrogens (tertiary/aromatic N) is 2. The van der Waals surface area contributed by atoms with Gasteiger partial charge in [0.2, 0.25) is 0 Å². The Balaban J connectivity index is 2.55. The standard InChI is InChI=1S/C17H19BrN2O3/c1-4-9-20-15(12-7-6-8-13(18)10-12)14(16(21)23-5-2)11(3)19-17(20)22/h4,6-8,10,14-15H,1,5,9H2,2-3H3. The van der Waals surface area contributed by atoms with Crippen molar-refractivity contribution in [2.75, 3.05) is 13.2 Å². The van der Waals surface area contributed by atoms with Gasteiger partial charge in [0, 0.05) is 16.7 Å². The lowest BCUT2D eigenvalue weighted by atomic mass is 9.87. The number of carbonyl (C=O) groups is 2. The molecule has 1 aromatic rings. The van der Waals surface area contributed by atoms with E-state index in [1.807, 2.05) is 24.3 Å². The molecule has 2 rings (SSSR count). The zero-order valence-electron chi connectivity index (χ0n) is 13.2. The number of hydrogen-bond acceptors (Lipinski definition) is 3. The van der Waals surface area contributed by atoms with Crippen molar-refractivity contribution < 1.29 is 14.3 Å². The van der Waals surface area contributed by atoms with Gasteiger partial charge < -0.3 is 9.64 Å². The van der Waals surface area contributed by atoms with Crippen molar-refractivity contribution in [2.45, 2.75) is 19.9 Å². The highest BCUT2D eigenvalue weighted by molar-refractivity contribution is 9.10. The zero-order valence-corrected chi connectivity index (χ0v) is 14.7. The summed E-state index contributed by atoms with van der Waals surface area (Å²) in [6, 6.07) is 6.73. The number of benzene rings is 1. The van der Waals surface area contributed by atoms with Crippen molar-refractivity contribution in [3.05, 3.63) is 47.0 Å². The Bertz CT molecular complexity index is 657.